The largest absolute Gasteiger partial charge is 0.356 e. The average Bonchev–Trinajstić information content (AvgIpc) is 3.52. The number of carbonyl (C=O) groups is 1. The number of hydrogen-bond donors (Lipinski definition) is 0. The number of aryl methyl sites for hydroxylation is 1. The van der Waals surface area contributed by atoms with Crippen LogP contribution in [0.15, 0.2) is 43.0 Å². The summed E-state index contributed by atoms with van der Waals surface area (Å²) in [7, 11) is 0. The van der Waals surface area contributed by atoms with E-state index in [4.69, 9.17) is 10.1 Å². The van der Waals surface area contributed by atoms with Crippen LogP contribution in [0, 0.1) is 30.0 Å². The SMILES string of the molecule is Cc1nccn1-c1cc(N2CCC(C(=O)N3OCCC3c3cc(F)cc(C#N)c3)CC2)ncn1. The smallest absolute Gasteiger partial charge is 0.249 e. The van der Waals surface area contributed by atoms with Gasteiger partial charge >= 0.3 is 0 Å². The van der Waals surface area contributed by atoms with Gasteiger partial charge in [-0.2, -0.15) is 5.26 Å². The lowest BCUT2D eigenvalue weighted by molar-refractivity contribution is -0.182. The number of hydrogen-bond acceptors (Lipinski definition) is 7. The van der Waals surface area contributed by atoms with E-state index in [0.717, 1.165) is 17.5 Å². The van der Waals surface area contributed by atoms with Crippen molar-refractivity contribution in [2.24, 2.45) is 5.92 Å². The van der Waals surface area contributed by atoms with Gasteiger partial charge in [0, 0.05) is 43.9 Å². The molecule has 1 atom stereocenters. The highest BCUT2D eigenvalue weighted by Crippen LogP contribution is 2.34. The minimum atomic E-state index is -0.489. The number of amides is 1. The Morgan fingerprint density at radius 3 is 2.65 bits per heavy atom. The minimum Gasteiger partial charge on any atom is -0.356 e. The number of carbonyl (C=O) groups excluding carboxylic acids is 1. The van der Waals surface area contributed by atoms with Crippen molar-refractivity contribution in [3.63, 3.8) is 0 Å². The maximum atomic E-state index is 14.0. The fraction of sp³-hybridized carbons (Fsp3) is 0.375. The number of nitrogens with zero attached hydrogens (tertiary/aromatic N) is 7. The van der Waals surface area contributed by atoms with Crippen LogP contribution >= 0.6 is 0 Å². The van der Waals surface area contributed by atoms with Crippen LogP contribution in [-0.2, 0) is 9.63 Å². The number of aromatic nitrogens is 4. The summed E-state index contributed by atoms with van der Waals surface area (Å²) in [6, 6.07) is 7.69. The fourth-order valence-corrected chi connectivity index (χ4v) is 4.66. The molecule has 0 bridgehead atoms. The molecule has 2 fully saturated rings. The van der Waals surface area contributed by atoms with Gasteiger partial charge in [-0.25, -0.2) is 24.4 Å². The van der Waals surface area contributed by atoms with Crippen molar-refractivity contribution in [2.45, 2.75) is 32.2 Å². The summed E-state index contributed by atoms with van der Waals surface area (Å²) in [6.07, 6.45) is 7.00. The zero-order valence-corrected chi connectivity index (χ0v) is 18.8. The molecule has 2 saturated heterocycles. The van der Waals surface area contributed by atoms with Crippen LogP contribution in [0.1, 0.15) is 42.3 Å². The molecule has 1 unspecified atom stereocenters. The van der Waals surface area contributed by atoms with Gasteiger partial charge in [-0.3, -0.25) is 14.2 Å². The molecule has 2 aromatic heterocycles. The number of halogens is 1. The molecule has 174 valence electrons. The molecule has 0 saturated carbocycles. The van der Waals surface area contributed by atoms with Gasteiger partial charge in [-0.1, -0.05) is 0 Å². The Hall–Kier alpha value is -3.84. The molecule has 34 heavy (non-hydrogen) atoms. The summed E-state index contributed by atoms with van der Waals surface area (Å²) in [6.45, 7) is 3.64. The van der Waals surface area contributed by atoms with Crippen molar-refractivity contribution in [3.8, 4) is 11.9 Å². The van der Waals surface area contributed by atoms with Gasteiger partial charge in [0.2, 0.25) is 5.91 Å². The van der Waals surface area contributed by atoms with Gasteiger partial charge in [0.25, 0.3) is 0 Å². The van der Waals surface area contributed by atoms with E-state index in [2.05, 4.69) is 19.9 Å². The number of rotatable bonds is 4. The zero-order chi connectivity index (χ0) is 23.7. The third kappa shape index (κ3) is 4.22. The second-order valence-corrected chi connectivity index (χ2v) is 8.53. The van der Waals surface area contributed by atoms with E-state index in [1.54, 1.807) is 18.6 Å². The van der Waals surface area contributed by atoms with Crippen molar-refractivity contribution >= 4 is 11.7 Å². The fourth-order valence-electron chi connectivity index (χ4n) is 4.66. The maximum absolute atomic E-state index is 14.0. The van der Waals surface area contributed by atoms with Gasteiger partial charge < -0.3 is 4.90 Å². The maximum Gasteiger partial charge on any atom is 0.249 e. The molecule has 0 spiro atoms. The van der Waals surface area contributed by atoms with Gasteiger partial charge in [0.15, 0.2) is 0 Å². The molecule has 4 heterocycles. The quantitative estimate of drug-likeness (QED) is 0.589. The van der Waals surface area contributed by atoms with Crippen LogP contribution in [0.25, 0.3) is 5.82 Å². The molecule has 0 radical (unpaired) electrons. The van der Waals surface area contributed by atoms with Crippen molar-refractivity contribution in [3.05, 3.63) is 65.8 Å². The van der Waals surface area contributed by atoms with Gasteiger partial charge in [-0.15, -0.1) is 0 Å². The first-order valence-corrected chi connectivity index (χ1v) is 11.3. The van der Waals surface area contributed by atoms with E-state index >= 15 is 0 Å². The lowest BCUT2D eigenvalue weighted by Gasteiger charge is -2.34. The highest BCUT2D eigenvalue weighted by molar-refractivity contribution is 5.79. The molecular weight excluding hydrogens is 437 g/mol. The van der Waals surface area contributed by atoms with Gasteiger partial charge in [-0.05, 0) is 43.5 Å². The van der Waals surface area contributed by atoms with Crippen LogP contribution in [0.4, 0.5) is 10.2 Å². The van der Waals surface area contributed by atoms with Crippen LogP contribution in [0.5, 0.6) is 0 Å². The molecule has 2 aliphatic rings. The molecule has 1 amide bonds. The minimum absolute atomic E-state index is 0.0951. The highest BCUT2D eigenvalue weighted by atomic mass is 19.1. The average molecular weight is 462 g/mol. The summed E-state index contributed by atoms with van der Waals surface area (Å²) in [5.41, 5.74) is 0.820. The number of benzene rings is 1. The Bertz CT molecular complexity index is 1250. The van der Waals surface area contributed by atoms with Crippen LogP contribution in [0.2, 0.25) is 0 Å². The van der Waals surface area contributed by atoms with Crippen LogP contribution < -0.4 is 4.90 Å². The topological polar surface area (TPSA) is 100 Å². The van der Waals surface area contributed by atoms with Crippen molar-refractivity contribution in [2.75, 3.05) is 24.6 Å². The van der Waals surface area contributed by atoms with Crippen molar-refractivity contribution in [1.29, 1.82) is 5.26 Å². The van der Waals surface area contributed by atoms with E-state index in [-0.39, 0.29) is 17.4 Å². The summed E-state index contributed by atoms with van der Waals surface area (Å²) < 4.78 is 15.9. The predicted octanol–water partition coefficient (Wildman–Crippen LogP) is 3.10. The molecule has 2 aliphatic heterocycles. The van der Waals surface area contributed by atoms with E-state index in [1.165, 1.54) is 17.2 Å². The molecule has 10 heteroatoms. The lowest BCUT2D eigenvalue weighted by Crippen LogP contribution is -2.42. The van der Waals surface area contributed by atoms with Crippen molar-refractivity contribution in [1.82, 2.24) is 24.6 Å². The summed E-state index contributed by atoms with van der Waals surface area (Å²) in [5.74, 6) is 1.62. The number of nitriles is 1. The Labute approximate surface area is 196 Å². The first-order chi connectivity index (χ1) is 16.5. The standard InChI is InChI=1S/C24H24FN7O2/c1-16-27-5-8-31(16)23-13-22(28-15-29-23)30-6-2-18(3-7-30)24(33)32-21(4-9-34-32)19-10-17(14-26)11-20(25)12-19/h5,8,10-13,15,18,21H,2-4,6-7,9H2,1H3. The van der Waals surface area contributed by atoms with E-state index in [9.17, 15) is 9.18 Å². The lowest BCUT2D eigenvalue weighted by atomic mass is 9.94. The number of imidazole rings is 1. The normalized spacial score (nSPS) is 18.8. The second-order valence-electron chi connectivity index (χ2n) is 8.53. The van der Waals surface area contributed by atoms with E-state index in [1.807, 2.05) is 29.8 Å². The van der Waals surface area contributed by atoms with E-state index < -0.39 is 11.9 Å². The number of piperidine rings is 1. The third-order valence-corrected chi connectivity index (χ3v) is 6.43. The Balaban J connectivity index is 1.26. The summed E-state index contributed by atoms with van der Waals surface area (Å²) in [4.78, 5) is 34.1. The molecule has 1 aromatic carbocycles. The first-order valence-electron chi connectivity index (χ1n) is 11.3. The molecule has 0 N–H and O–H groups in total. The second kappa shape index (κ2) is 9.19. The number of hydroxylamine groups is 2. The van der Waals surface area contributed by atoms with Crippen LogP contribution in [-0.4, -0.2) is 50.2 Å². The highest BCUT2D eigenvalue weighted by Gasteiger charge is 2.37. The molecule has 5 rings (SSSR count). The molecule has 9 nitrogen and oxygen atoms in total. The monoisotopic (exact) mass is 461 g/mol. The summed E-state index contributed by atoms with van der Waals surface area (Å²) >= 11 is 0. The van der Waals surface area contributed by atoms with Crippen molar-refractivity contribution < 1.29 is 14.0 Å². The molecule has 0 aliphatic carbocycles. The van der Waals surface area contributed by atoms with Gasteiger partial charge in [0.1, 0.15) is 29.6 Å². The Morgan fingerprint density at radius 1 is 1.12 bits per heavy atom. The molecule has 3 aromatic rings. The van der Waals surface area contributed by atoms with Crippen LogP contribution in [0.3, 0.4) is 0 Å². The Kier molecular flexibility index (Phi) is 5.94. The molecular formula is C24H24FN7O2. The Morgan fingerprint density at radius 2 is 1.91 bits per heavy atom. The third-order valence-electron chi connectivity index (χ3n) is 6.43. The first kappa shape index (κ1) is 22.0. The van der Waals surface area contributed by atoms with E-state index in [0.29, 0.717) is 44.5 Å². The number of anilines is 1. The predicted molar refractivity (Wildman–Crippen MR) is 120 cm³/mol. The summed E-state index contributed by atoms with van der Waals surface area (Å²) in [5, 5.41) is 10.6. The zero-order valence-electron chi connectivity index (χ0n) is 18.8. The van der Waals surface area contributed by atoms with Gasteiger partial charge in [0.05, 0.1) is 24.3 Å².